The summed E-state index contributed by atoms with van der Waals surface area (Å²) >= 11 is 9.48. The van der Waals surface area contributed by atoms with Gasteiger partial charge in [-0.05, 0) is 52.2 Å². The number of rotatable bonds is 2. The van der Waals surface area contributed by atoms with E-state index in [1.807, 2.05) is 16.8 Å². The molecule has 0 unspecified atom stereocenters. The van der Waals surface area contributed by atoms with Crippen molar-refractivity contribution in [2.75, 3.05) is 5.32 Å². The van der Waals surface area contributed by atoms with Gasteiger partial charge in [-0.25, -0.2) is 0 Å². The number of benzene rings is 1. The Labute approximate surface area is 116 Å². The maximum atomic E-state index is 11.8. The molecule has 0 aliphatic carbocycles. The molecule has 1 aromatic carbocycles. The fraction of sp³-hybridized carbons (Fsp3) is 0. The molecule has 5 heteroatoms. The van der Waals surface area contributed by atoms with Gasteiger partial charge in [0.05, 0.1) is 11.3 Å². The highest BCUT2D eigenvalue weighted by Gasteiger charge is 2.08. The van der Waals surface area contributed by atoms with Crippen LogP contribution in [0.15, 0.2) is 35.0 Å². The molecule has 1 N–H and O–H groups in total. The Morgan fingerprint density at radius 2 is 2.19 bits per heavy atom. The van der Waals surface area contributed by atoms with Crippen molar-refractivity contribution in [2.45, 2.75) is 0 Å². The minimum Gasteiger partial charge on any atom is -0.321 e. The number of carbonyl (C=O) groups excluding carboxylic acids is 1. The van der Waals surface area contributed by atoms with Gasteiger partial charge in [-0.2, -0.15) is 11.3 Å². The summed E-state index contributed by atoms with van der Waals surface area (Å²) in [5, 5.41) is 7.20. The minimum atomic E-state index is -0.0958. The van der Waals surface area contributed by atoms with Crippen LogP contribution in [0.1, 0.15) is 10.4 Å². The SMILES string of the molecule is O=C(Nc1ccc(Cl)cc1I)c1ccsc1. The van der Waals surface area contributed by atoms with Gasteiger partial charge in [0.25, 0.3) is 5.91 Å². The second kappa shape index (κ2) is 5.16. The number of anilines is 1. The first-order valence-electron chi connectivity index (χ1n) is 4.45. The first-order chi connectivity index (χ1) is 7.66. The lowest BCUT2D eigenvalue weighted by molar-refractivity contribution is 0.102. The summed E-state index contributed by atoms with van der Waals surface area (Å²) in [5.41, 5.74) is 1.46. The van der Waals surface area contributed by atoms with Gasteiger partial charge in [0.1, 0.15) is 0 Å². The van der Waals surface area contributed by atoms with Crippen molar-refractivity contribution >= 4 is 57.1 Å². The number of hydrogen-bond acceptors (Lipinski definition) is 2. The van der Waals surface area contributed by atoms with E-state index in [0.717, 1.165) is 9.26 Å². The molecule has 0 bridgehead atoms. The van der Waals surface area contributed by atoms with Crippen LogP contribution < -0.4 is 5.32 Å². The molecule has 1 aromatic heterocycles. The maximum absolute atomic E-state index is 11.8. The summed E-state index contributed by atoms with van der Waals surface area (Å²) in [7, 11) is 0. The van der Waals surface area contributed by atoms with E-state index in [1.54, 1.807) is 18.2 Å². The van der Waals surface area contributed by atoms with E-state index < -0.39 is 0 Å². The summed E-state index contributed by atoms with van der Waals surface area (Å²) in [5.74, 6) is -0.0958. The van der Waals surface area contributed by atoms with E-state index in [9.17, 15) is 4.79 Å². The van der Waals surface area contributed by atoms with Crippen LogP contribution in [0, 0.1) is 3.57 Å². The zero-order valence-electron chi connectivity index (χ0n) is 8.04. The highest BCUT2D eigenvalue weighted by atomic mass is 127. The van der Waals surface area contributed by atoms with Crippen LogP contribution in [0.5, 0.6) is 0 Å². The fourth-order valence-electron chi connectivity index (χ4n) is 1.18. The third-order valence-corrected chi connectivity index (χ3v) is 3.77. The lowest BCUT2D eigenvalue weighted by atomic mass is 10.3. The molecule has 2 aromatic rings. The average molecular weight is 364 g/mol. The second-order valence-corrected chi connectivity index (χ2v) is 5.47. The van der Waals surface area contributed by atoms with E-state index in [4.69, 9.17) is 11.6 Å². The molecular weight excluding hydrogens is 357 g/mol. The monoisotopic (exact) mass is 363 g/mol. The van der Waals surface area contributed by atoms with Crippen molar-refractivity contribution in [2.24, 2.45) is 0 Å². The van der Waals surface area contributed by atoms with Crippen LogP contribution >= 0.6 is 45.5 Å². The first-order valence-corrected chi connectivity index (χ1v) is 6.85. The van der Waals surface area contributed by atoms with Crippen molar-refractivity contribution in [3.05, 3.63) is 49.2 Å². The number of thiophene rings is 1. The smallest absolute Gasteiger partial charge is 0.256 e. The molecule has 1 amide bonds. The quantitative estimate of drug-likeness (QED) is 0.794. The molecule has 16 heavy (non-hydrogen) atoms. The van der Waals surface area contributed by atoms with Crippen LogP contribution in [-0.2, 0) is 0 Å². The van der Waals surface area contributed by atoms with Crippen molar-refractivity contribution in [3.8, 4) is 0 Å². The van der Waals surface area contributed by atoms with Gasteiger partial charge in [-0.3, -0.25) is 4.79 Å². The van der Waals surface area contributed by atoms with Gasteiger partial charge in [0.15, 0.2) is 0 Å². The Morgan fingerprint density at radius 1 is 1.38 bits per heavy atom. The highest BCUT2D eigenvalue weighted by molar-refractivity contribution is 14.1. The third-order valence-electron chi connectivity index (χ3n) is 1.96. The molecule has 0 aliphatic heterocycles. The van der Waals surface area contributed by atoms with Crippen LogP contribution in [0.3, 0.4) is 0 Å². The molecule has 0 radical (unpaired) electrons. The molecule has 0 spiro atoms. The van der Waals surface area contributed by atoms with Gasteiger partial charge in [-0.1, -0.05) is 11.6 Å². The molecule has 0 aliphatic rings. The number of nitrogens with one attached hydrogen (secondary N) is 1. The average Bonchev–Trinajstić information content (AvgIpc) is 2.75. The Morgan fingerprint density at radius 3 is 2.81 bits per heavy atom. The molecular formula is C11H7ClINOS. The Kier molecular flexibility index (Phi) is 3.83. The Balaban J connectivity index is 2.18. The summed E-state index contributed by atoms with van der Waals surface area (Å²) < 4.78 is 0.925. The number of amides is 1. The lowest BCUT2D eigenvalue weighted by Gasteiger charge is -2.06. The zero-order chi connectivity index (χ0) is 11.5. The standard InChI is InChI=1S/C11H7ClINOS/c12-8-1-2-10(9(13)5-8)14-11(15)7-3-4-16-6-7/h1-6H,(H,14,15). The highest BCUT2D eigenvalue weighted by Crippen LogP contribution is 2.23. The van der Waals surface area contributed by atoms with Gasteiger partial charge >= 0.3 is 0 Å². The minimum absolute atomic E-state index is 0.0958. The van der Waals surface area contributed by atoms with Crippen LogP contribution in [-0.4, -0.2) is 5.91 Å². The predicted molar refractivity (Wildman–Crippen MR) is 76.4 cm³/mol. The summed E-state index contributed by atoms with van der Waals surface area (Å²) in [6.45, 7) is 0. The lowest BCUT2D eigenvalue weighted by Crippen LogP contribution is -2.11. The van der Waals surface area contributed by atoms with E-state index in [0.29, 0.717) is 10.6 Å². The second-order valence-electron chi connectivity index (χ2n) is 3.09. The van der Waals surface area contributed by atoms with Gasteiger partial charge in [0, 0.05) is 14.0 Å². The fourth-order valence-corrected chi connectivity index (χ4v) is 2.82. The number of halogens is 2. The van der Waals surface area contributed by atoms with Crippen molar-refractivity contribution in [3.63, 3.8) is 0 Å². The normalized spacial score (nSPS) is 10.1. The molecule has 0 fully saturated rings. The largest absolute Gasteiger partial charge is 0.321 e. The molecule has 0 saturated heterocycles. The Hall–Kier alpha value is -0.590. The van der Waals surface area contributed by atoms with Crippen molar-refractivity contribution in [1.82, 2.24) is 0 Å². The predicted octanol–water partition coefficient (Wildman–Crippen LogP) is 4.26. The molecule has 0 atom stereocenters. The summed E-state index contributed by atoms with van der Waals surface area (Å²) in [6, 6.07) is 7.16. The molecule has 2 rings (SSSR count). The number of hydrogen-bond donors (Lipinski definition) is 1. The van der Waals surface area contributed by atoms with Gasteiger partial charge in [-0.15, -0.1) is 0 Å². The Bertz CT molecular complexity index is 513. The molecule has 1 heterocycles. The summed E-state index contributed by atoms with van der Waals surface area (Å²) in [6.07, 6.45) is 0. The first kappa shape index (κ1) is 11.9. The third kappa shape index (κ3) is 2.75. The number of carbonyl (C=O) groups is 1. The van der Waals surface area contributed by atoms with E-state index in [-0.39, 0.29) is 5.91 Å². The molecule has 0 saturated carbocycles. The topological polar surface area (TPSA) is 29.1 Å². The molecule has 2 nitrogen and oxygen atoms in total. The van der Waals surface area contributed by atoms with Crippen molar-refractivity contribution < 1.29 is 4.79 Å². The van der Waals surface area contributed by atoms with Crippen LogP contribution in [0.2, 0.25) is 5.02 Å². The maximum Gasteiger partial charge on any atom is 0.256 e. The zero-order valence-corrected chi connectivity index (χ0v) is 11.8. The van der Waals surface area contributed by atoms with E-state index in [2.05, 4.69) is 27.9 Å². The van der Waals surface area contributed by atoms with E-state index >= 15 is 0 Å². The molecule has 82 valence electrons. The van der Waals surface area contributed by atoms with Gasteiger partial charge in [0.2, 0.25) is 0 Å². The van der Waals surface area contributed by atoms with Crippen molar-refractivity contribution in [1.29, 1.82) is 0 Å². The van der Waals surface area contributed by atoms with E-state index in [1.165, 1.54) is 11.3 Å². The van der Waals surface area contributed by atoms with Gasteiger partial charge < -0.3 is 5.32 Å². The van der Waals surface area contributed by atoms with Crippen LogP contribution in [0.4, 0.5) is 5.69 Å². The summed E-state index contributed by atoms with van der Waals surface area (Å²) in [4.78, 5) is 11.8. The van der Waals surface area contributed by atoms with Crippen LogP contribution in [0.25, 0.3) is 0 Å².